The summed E-state index contributed by atoms with van der Waals surface area (Å²) in [7, 11) is 4.06. The minimum Gasteiger partial charge on any atom is -0.354 e. The van der Waals surface area contributed by atoms with Crippen LogP contribution < -0.4 is 4.90 Å². The lowest BCUT2D eigenvalue weighted by molar-refractivity contribution is 0.780. The van der Waals surface area contributed by atoms with Crippen molar-refractivity contribution in [2.24, 2.45) is 0 Å². The van der Waals surface area contributed by atoms with E-state index in [0.29, 0.717) is 0 Å². The Hall–Kier alpha value is -0.570. The molecule has 0 aliphatic carbocycles. The summed E-state index contributed by atoms with van der Waals surface area (Å²) in [5.74, 6) is 0. The van der Waals surface area contributed by atoms with Gasteiger partial charge in [0.25, 0.3) is 0 Å². The molecule has 68 valence electrons. The van der Waals surface area contributed by atoms with Crippen molar-refractivity contribution >= 4 is 16.5 Å². The van der Waals surface area contributed by atoms with E-state index in [1.807, 2.05) is 14.1 Å². The molecule has 3 heteroatoms. The van der Waals surface area contributed by atoms with Crippen LogP contribution >= 0.6 is 11.3 Å². The molecule has 0 saturated heterocycles. The molecule has 1 rings (SSSR count). The molecule has 0 spiro atoms. The molecule has 1 aromatic rings. The average molecular weight is 184 g/mol. The van der Waals surface area contributed by atoms with E-state index in [1.165, 1.54) is 18.5 Å². The van der Waals surface area contributed by atoms with Crippen LogP contribution in [-0.2, 0) is 6.42 Å². The first kappa shape index (κ1) is 9.52. The molecule has 0 fully saturated rings. The quantitative estimate of drug-likeness (QED) is 0.715. The third-order valence-electron chi connectivity index (χ3n) is 1.71. The fourth-order valence-corrected chi connectivity index (χ4v) is 1.77. The highest BCUT2D eigenvalue weighted by molar-refractivity contribution is 7.13. The van der Waals surface area contributed by atoms with Gasteiger partial charge >= 0.3 is 0 Å². The number of rotatable bonds is 4. The van der Waals surface area contributed by atoms with Gasteiger partial charge in [-0.3, -0.25) is 0 Å². The number of thiazole rings is 1. The van der Waals surface area contributed by atoms with Crippen molar-refractivity contribution in [2.45, 2.75) is 26.2 Å². The second-order valence-corrected chi connectivity index (χ2v) is 3.96. The van der Waals surface area contributed by atoms with Gasteiger partial charge in [0.05, 0.1) is 5.69 Å². The summed E-state index contributed by atoms with van der Waals surface area (Å²) in [5, 5.41) is 3.27. The second-order valence-electron chi connectivity index (χ2n) is 3.12. The lowest BCUT2D eigenvalue weighted by Crippen LogP contribution is -2.07. The molecular formula is C9H16N2S. The molecule has 12 heavy (non-hydrogen) atoms. The van der Waals surface area contributed by atoms with E-state index in [0.717, 1.165) is 11.6 Å². The van der Waals surface area contributed by atoms with Crippen LogP contribution in [0.1, 0.15) is 25.5 Å². The van der Waals surface area contributed by atoms with Gasteiger partial charge in [-0.1, -0.05) is 13.3 Å². The summed E-state index contributed by atoms with van der Waals surface area (Å²) < 4.78 is 0. The minimum atomic E-state index is 1.11. The number of unbranched alkanes of at least 4 members (excludes halogenated alkanes) is 1. The first-order valence-corrected chi connectivity index (χ1v) is 5.23. The van der Waals surface area contributed by atoms with Crippen molar-refractivity contribution in [2.75, 3.05) is 19.0 Å². The molecule has 0 radical (unpaired) electrons. The first-order chi connectivity index (χ1) is 5.74. The molecule has 1 aromatic heterocycles. The summed E-state index contributed by atoms with van der Waals surface area (Å²) in [6.07, 6.45) is 3.62. The molecule has 1 heterocycles. The van der Waals surface area contributed by atoms with E-state index in [1.54, 1.807) is 11.3 Å². The van der Waals surface area contributed by atoms with Crippen LogP contribution in [0.5, 0.6) is 0 Å². The average Bonchev–Trinajstić information content (AvgIpc) is 2.48. The van der Waals surface area contributed by atoms with Crippen LogP contribution in [0, 0.1) is 0 Å². The number of hydrogen-bond acceptors (Lipinski definition) is 3. The Morgan fingerprint density at radius 1 is 1.50 bits per heavy atom. The van der Waals surface area contributed by atoms with Crippen LogP contribution in [0.4, 0.5) is 5.13 Å². The van der Waals surface area contributed by atoms with E-state index in [4.69, 9.17) is 0 Å². The zero-order valence-electron chi connectivity index (χ0n) is 8.00. The Morgan fingerprint density at radius 3 is 2.75 bits per heavy atom. The van der Waals surface area contributed by atoms with Crippen molar-refractivity contribution in [1.82, 2.24) is 4.98 Å². The fraction of sp³-hybridized carbons (Fsp3) is 0.667. The van der Waals surface area contributed by atoms with Gasteiger partial charge in [-0.15, -0.1) is 11.3 Å². The van der Waals surface area contributed by atoms with Gasteiger partial charge in [-0.25, -0.2) is 4.98 Å². The number of hydrogen-bond donors (Lipinski definition) is 0. The van der Waals surface area contributed by atoms with Crippen molar-refractivity contribution in [3.63, 3.8) is 0 Å². The zero-order chi connectivity index (χ0) is 8.97. The zero-order valence-corrected chi connectivity index (χ0v) is 8.82. The maximum absolute atomic E-state index is 4.49. The maximum atomic E-state index is 4.49. The summed E-state index contributed by atoms with van der Waals surface area (Å²) in [5.41, 5.74) is 1.24. The molecule has 0 aliphatic heterocycles. The highest BCUT2D eigenvalue weighted by Gasteiger charge is 2.01. The van der Waals surface area contributed by atoms with Crippen molar-refractivity contribution in [3.05, 3.63) is 11.1 Å². The molecular weight excluding hydrogens is 168 g/mol. The molecule has 0 aliphatic rings. The van der Waals surface area contributed by atoms with E-state index in [-0.39, 0.29) is 0 Å². The third-order valence-corrected chi connectivity index (χ3v) is 2.77. The van der Waals surface area contributed by atoms with Gasteiger partial charge in [0, 0.05) is 19.5 Å². The Labute approximate surface area is 78.2 Å². The largest absolute Gasteiger partial charge is 0.354 e. The maximum Gasteiger partial charge on any atom is 0.184 e. The van der Waals surface area contributed by atoms with E-state index < -0.39 is 0 Å². The van der Waals surface area contributed by atoms with Gasteiger partial charge in [0.2, 0.25) is 0 Å². The van der Waals surface area contributed by atoms with E-state index in [9.17, 15) is 0 Å². The summed E-state index contributed by atoms with van der Waals surface area (Å²) >= 11 is 1.72. The summed E-state index contributed by atoms with van der Waals surface area (Å²) in [4.78, 5) is 6.55. The van der Waals surface area contributed by atoms with Crippen LogP contribution in [-0.4, -0.2) is 19.1 Å². The molecule has 0 atom stereocenters. The predicted octanol–water partition coefficient (Wildman–Crippen LogP) is 2.55. The Balaban J connectivity index is 2.52. The normalized spacial score (nSPS) is 10.2. The predicted molar refractivity (Wildman–Crippen MR) is 55.1 cm³/mol. The minimum absolute atomic E-state index is 1.11. The molecule has 0 saturated carbocycles. The number of aryl methyl sites for hydroxylation is 1. The van der Waals surface area contributed by atoms with Gasteiger partial charge in [0.1, 0.15) is 0 Å². The lowest BCUT2D eigenvalue weighted by Gasteiger charge is -2.05. The van der Waals surface area contributed by atoms with Gasteiger partial charge in [-0.2, -0.15) is 0 Å². The molecule has 0 bridgehead atoms. The van der Waals surface area contributed by atoms with Crippen molar-refractivity contribution < 1.29 is 0 Å². The standard InChI is InChI=1S/C9H16N2S/c1-4-5-6-8-7-12-9(10-8)11(2)3/h7H,4-6H2,1-3H3. The second kappa shape index (κ2) is 4.45. The Morgan fingerprint density at radius 2 is 2.25 bits per heavy atom. The van der Waals surface area contributed by atoms with Crippen molar-refractivity contribution in [3.8, 4) is 0 Å². The molecule has 0 N–H and O–H groups in total. The highest BCUT2D eigenvalue weighted by Crippen LogP contribution is 2.18. The van der Waals surface area contributed by atoms with Gasteiger partial charge in [-0.05, 0) is 12.8 Å². The van der Waals surface area contributed by atoms with Crippen LogP contribution in [0.3, 0.4) is 0 Å². The van der Waals surface area contributed by atoms with E-state index >= 15 is 0 Å². The smallest absolute Gasteiger partial charge is 0.184 e. The Kier molecular flexibility index (Phi) is 3.53. The summed E-state index contributed by atoms with van der Waals surface area (Å²) in [6, 6.07) is 0. The first-order valence-electron chi connectivity index (χ1n) is 4.35. The third kappa shape index (κ3) is 2.48. The highest BCUT2D eigenvalue weighted by atomic mass is 32.1. The molecule has 0 aromatic carbocycles. The van der Waals surface area contributed by atoms with Crippen molar-refractivity contribution in [1.29, 1.82) is 0 Å². The van der Waals surface area contributed by atoms with Crippen LogP contribution in [0.15, 0.2) is 5.38 Å². The number of aromatic nitrogens is 1. The van der Waals surface area contributed by atoms with Crippen LogP contribution in [0.2, 0.25) is 0 Å². The fourth-order valence-electron chi connectivity index (χ4n) is 0.974. The van der Waals surface area contributed by atoms with Gasteiger partial charge < -0.3 is 4.90 Å². The molecule has 0 unspecified atom stereocenters. The number of anilines is 1. The number of nitrogens with zero attached hydrogens (tertiary/aromatic N) is 2. The SMILES string of the molecule is CCCCc1csc(N(C)C)n1. The summed E-state index contributed by atoms with van der Waals surface area (Å²) in [6.45, 7) is 2.21. The topological polar surface area (TPSA) is 16.1 Å². The van der Waals surface area contributed by atoms with Crippen LogP contribution in [0.25, 0.3) is 0 Å². The van der Waals surface area contributed by atoms with Gasteiger partial charge in [0.15, 0.2) is 5.13 Å². The van der Waals surface area contributed by atoms with E-state index in [2.05, 4.69) is 22.2 Å². The molecule has 0 amide bonds. The monoisotopic (exact) mass is 184 g/mol. The molecule has 2 nitrogen and oxygen atoms in total. The Bertz CT molecular complexity index is 230. The lowest BCUT2D eigenvalue weighted by atomic mass is 10.2.